The van der Waals surface area contributed by atoms with E-state index in [1.807, 2.05) is 49.4 Å². The molecule has 0 radical (unpaired) electrons. The quantitative estimate of drug-likeness (QED) is 0.325. The highest BCUT2D eigenvalue weighted by Gasteiger charge is 2.34. The SMILES string of the molecule is Cc1ccc(N(CCCCN2C(=O)c3ccccc3C2=O)C(=O)c2cccc(Br)c2)cc1. The maximum absolute atomic E-state index is 13.3. The number of hydrogen-bond donors (Lipinski definition) is 0. The second-order valence-electron chi connectivity index (χ2n) is 7.82. The molecule has 1 aliphatic rings. The van der Waals surface area contributed by atoms with Gasteiger partial charge in [0.1, 0.15) is 0 Å². The lowest BCUT2D eigenvalue weighted by atomic mass is 10.1. The van der Waals surface area contributed by atoms with Gasteiger partial charge in [-0.25, -0.2) is 0 Å². The maximum Gasteiger partial charge on any atom is 0.261 e. The zero-order chi connectivity index (χ0) is 22.7. The fourth-order valence-corrected chi connectivity index (χ4v) is 4.23. The van der Waals surface area contributed by atoms with Crippen LogP contribution in [0.1, 0.15) is 49.5 Å². The van der Waals surface area contributed by atoms with Crippen LogP contribution in [-0.2, 0) is 0 Å². The van der Waals surface area contributed by atoms with Crippen molar-refractivity contribution in [3.05, 3.63) is 99.5 Å². The highest BCUT2D eigenvalue weighted by Crippen LogP contribution is 2.24. The van der Waals surface area contributed by atoms with E-state index in [0.29, 0.717) is 42.6 Å². The zero-order valence-corrected chi connectivity index (χ0v) is 19.3. The van der Waals surface area contributed by atoms with Crippen LogP contribution in [0.25, 0.3) is 0 Å². The van der Waals surface area contributed by atoms with Gasteiger partial charge in [-0.1, -0.05) is 51.8 Å². The molecule has 1 heterocycles. The van der Waals surface area contributed by atoms with E-state index < -0.39 is 0 Å². The Morgan fingerprint density at radius 3 is 2.16 bits per heavy atom. The number of rotatable bonds is 7. The minimum atomic E-state index is -0.244. The first-order valence-electron chi connectivity index (χ1n) is 10.5. The molecule has 5 nitrogen and oxygen atoms in total. The van der Waals surface area contributed by atoms with E-state index in [2.05, 4.69) is 15.9 Å². The Kier molecular flexibility index (Phi) is 6.51. The average molecular weight is 491 g/mol. The second kappa shape index (κ2) is 9.49. The molecular weight excluding hydrogens is 468 g/mol. The van der Waals surface area contributed by atoms with Gasteiger partial charge in [0.05, 0.1) is 11.1 Å². The van der Waals surface area contributed by atoms with Crippen molar-refractivity contribution in [1.29, 1.82) is 0 Å². The van der Waals surface area contributed by atoms with Crippen molar-refractivity contribution in [2.75, 3.05) is 18.0 Å². The van der Waals surface area contributed by atoms with Crippen molar-refractivity contribution in [3.63, 3.8) is 0 Å². The molecule has 3 aromatic carbocycles. The van der Waals surface area contributed by atoms with Crippen LogP contribution in [0.5, 0.6) is 0 Å². The molecular formula is C26H23BrN2O3. The Hall–Kier alpha value is -3.25. The van der Waals surface area contributed by atoms with Crippen LogP contribution in [0, 0.1) is 6.92 Å². The number of carbonyl (C=O) groups is 3. The lowest BCUT2D eigenvalue weighted by Gasteiger charge is -2.24. The molecule has 0 aliphatic carbocycles. The van der Waals surface area contributed by atoms with Crippen LogP contribution < -0.4 is 4.90 Å². The maximum atomic E-state index is 13.3. The number of hydrogen-bond acceptors (Lipinski definition) is 3. The third-order valence-electron chi connectivity index (χ3n) is 5.55. The average Bonchev–Trinajstić information content (AvgIpc) is 3.04. The predicted octanol–water partition coefficient (Wildman–Crippen LogP) is 5.48. The minimum absolute atomic E-state index is 0.0871. The monoisotopic (exact) mass is 490 g/mol. The summed E-state index contributed by atoms with van der Waals surface area (Å²) in [6, 6.07) is 22.1. The van der Waals surface area contributed by atoms with Crippen molar-refractivity contribution in [3.8, 4) is 0 Å². The van der Waals surface area contributed by atoms with E-state index in [1.165, 1.54) is 4.90 Å². The van der Waals surface area contributed by atoms with E-state index in [9.17, 15) is 14.4 Å². The third kappa shape index (κ3) is 4.50. The fourth-order valence-electron chi connectivity index (χ4n) is 3.83. The van der Waals surface area contributed by atoms with Crippen molar-refractivity contribution in [2.45, 2.75) is 19.8 Å². The molecule has 0 unspecified atom stereocenters. The van der Waals surface area contributed by atoms with Gasteiger partial charge in [0.2, 0.25) is 0 Å². The summed E-state index contributed by atoms with van der Waals surface area (Å²) in [5.74, 6) is -0.576. The van der Waals surface area contributed by atoms with Gasteiger partial charge in [-0.05, 0) is 62.2 Å². The van der Waals surface area contributed by atoms with E-state index >= 15 is 0 Å². The van der Waals surface area contributed by atoms with Crippen LogP contribution >= 0.6 is 15.9 Å². The molecule has 32 heavy (non-hydrogen) atoms. The minimum Gasteiger partial charge on any atom is -0.308 e. The predicted molar refractivity (Wildman–Crippen MR) is 128 cm³/mol. The summed E-state index contributed by atoms with van der Waals surface area (Å²) < 4.78 is 0.845. The molecule has 0 saturated heterocycles. The number of imide groups is 1. The van der Waals surface area contributed by atoms with E-state index in [4.69, 9.17) is 0 Å². The topological polar surface area (TPSA) is 57.7 Å². The molecule has 0 aromatic heterocycles. The molecule has 0 N–H and O–H groups in total. The van der Waals surface area contributed by atoms with Gasteiger partial charge in [-0.2, -0.15) is 0 Å². The number of aryl methyl sites for hydroxylation is 1. The molecule has 0 saturated carbocycles. The number of fused-ring (bicyclic) bond motifs is 1. The van der Waals surface area contributed by atoms with Gasteiger partial charge < -0.3 is 4.90 Å². The first kappa shape index (κ1) is 22.0. The third-order valence-corrected chi connectivity index (χ3v) is 6.05. The molecule has 6 heteroatoms. The Morgan fingerprint density at radius 2 is 1.53 bits per heavy atom. The van der Waals surface area contributed by atoms with Crippen molar-refractivity contribution in [2.24, 2.45) is 0 Å². The van der Waals surface area contributed by atoms with Gasteiger partial charge >= 0.3 is 0 Å². The normalized spacial score (nSPS) is 12.8. The highest BCUT2D eigenvalue weighted by molar-refractivity contribution is 9.10. The van der Waals surface area contributed by atoms with Crippen LogP contribution in [0.4, 0.5) is 5.69 Å². The smallest absolute Gasteiger partial charge is 0.261 e. The number of anilines is 1. The largest absolute Gasteiger partial charge is 0.308 e. The van der Waals surface area contributed by atoms with Gasteiger partial charge in [0, 0.05) is 28.8 Å². The summed E-state index contributed by atoms with van der Waals surface area (Å²) in [5.41, 5.74) is 3.46. The number of nitrogens with zero attached hydrogens (tertiary/aromatic N) is 2. The van der Waals surface area contributed by atoms with Crippen molar-refractivity contribution < 1.29 is 14.4 Å². The van der Waals surface area contributed by atoms with Crippen LogP contribution in [0.2, 0.25) is 0 Å². The Bertz CT molecular complexity index is 1140. The zero-order valence-electron chi connectivity index (χ0n) is 17.8. The summed E-state index contributed by atoms with van der Waals surface area (Å²) in [5, 5.41) is 0. The van der Waals surface area contributed by atoms with Crippen molar-refractivity contribution >= 4 is 39.3 Å². The fraction of sp³-hybridized carbons (Fsp3) is 0.192. The van der Waals surface area contributed by atoms with E-state index in [1.54, 1.807) is 35.2 Å². The highest BCUT2D eigenvalue weighted by atomic mass is 79.9. The molecule has 3 amide bonds. The second-order valence-corrected chi connectivity index (χ2v) is 8.73. The molecule has 0 atom stereocenters. The standard InChI is InChI=1S/C26H23BrN2O3/c1-18-11-13-21(14-12-18)28(24(30)19-7-6-8-20(27)17-19)15-4-5-16-29-25(31)22-9-2-3-10-23(22)26(29)32/h2-3,6-14,17H,4-5,15-16H2,1H3. The van der Waals surface area contributed by atoms with Gasteiger partial charge in [-0.15, -0.1) is 0 Å². The lowest BCUT2D eigenvalue weighted by Crippen LogP contribution is -2.34. The Morgan fingerprint density at radius 1 is 0.875 bits per heavy atom. The molecule has 162 valence electrons. The lowest BCUT2D eigenvalue weighted by molar-refractivity contribution is 0.0651. The number of amides is 3. The van der Waals surface area contributed by atoms with Gasteiger partial charge in [-0.3, -0.25) is 19.3 Å². The van der Waals surface area contributed by atoms with E-state index in [-0.39, 0.29) is 17.7 Å². The summed E-state index contributed by atoms with van der Waals surface area (Å²) in [6.07, 6.45) is 1.26. The van der Waals surface area contributed by atoms with E-state index in [0.717, 1.165) is 15.7 Å². The number of halogens is 1. The molecule has 0 bridgehead atoms. The number of unbranched alkanes of at least 4 members (excludes halogenated alkanes) is 1. The summed E-state index contributed by atoms with van der Waals surface area (Å²) in [7, 11) is 0. The molecule has 3 aromatic rings. The molecule has 4 rings (SSSR count). The first-order chi connectivity index (χ1) is 15.5. The van der Waals surface area contributed by atoms with Gasteiger partial charge in [0.25, 0.3) is 17.7 Å². The van der Waals surface area contributed by atoms with Crippen molar-refractivity contribution in [1.82, 2.24) is 4.90 Å². The number of benzene rings is 3. The molecule has 1 aliphatic heterocycles. The summed E-state index contributed by atoms with van der Waals surface area (Å²) >= 11 is 3.43. The molecule has 0 spiro atoms. The first-order valence-corrected chi connectivity index (χ1v) is 11.3. The Balaban J connectivity index is 1.44. The summed E-state index contributed by atoms with van der Waals surface area (Å²) in [4.78, 5) is 41.4. The number of carbonyl (C=O) groups excluding carboxylic acids is 3. The summed E-state index contributed by atoms with van der Waals surface area (Å²) in [6.45, 7) is 2.82. The van der Waals surface area contributed by atoms with Crippen LogP contribution in [0.15, 0.2) is 77.3 Å². The van der Waals surface area contributed by atoms with Crippen LogP contribution in [-0.4, -0.2) is 35.7 Å². The Labute approximate surface area is 195 Å². The van der Waals surface area contributed by atoms with Crippen LogP contribution in [0.3, 0.4) is 0 Å². The van der Waals surface area contributed by atoms with Gasteiger partial charge in [0.15, 0.2) is 0 Å². The molecule has 0 fully saturated rings.